The first kappa shape index (κ1) is 16.4. The van der Waals surface area contributed by atoms with Crippen LogP contribution in [0.25, 0.3) is 10.2 Å². The standard InChI is InChI=1S/C18H18N2O3S/c1-12-6-7-15-16(10-12)24-18(19-15)20-17(21)13-4-3-5-14(11-13)23-9-8-22-2/h3-7,10-11H,8-9H2,1-2H3,(H,19,20,21). The third kappa shape index (κ3) is 3.90. The van der Waals surface area contributed by atoms with Crippen LogP contribution in [0.1, 0.15) is 15.9 Å². The molecule has 6 heteroatoms. The van der Waals surface area contributed by atoms with Crippen LogP contribution in [-0.4, -0.2) is 31.2 Å². The maximum atomic E-state index is 12.4. The number of aryl methyl sites for hydroxylation is 1. The van der Waals surface area contributed by atoms with E-state index in [2.05, 4.69) is 16.4 Å². The highest BCUT2D eigenvalue weighted by Gasteiger charge is 2.11. The maximum absolute atomic E-state index is 12.4. The number of nitrogens with one attached hydrogen (secondary N) is 1. The van der Waals surface area contributed by atoms with Crippen molar-refractivity contribution >= 4 is 32.6 Å². The lowest BCUT2D eigenvalue weighted by molar-refractivity contribution is 0.102. The fourth-order valence-electron chi connectivity index (χ4n) is 2.22. The van der Waals surface area contributed by atoms with Crippen molar-refractivity contribution < 1.29 is 14.3 Å². The van der Waals surface area contributed by atoms with Crippen LogP contribution in [0, 0.1) is 6.92 Å². The van der Waals surface area contributed by atoms with Crippen LogP contribution in [0.15, 0.2) is 42.5 Å². The van der Waals surface area contributed by atoms with Gasteiger partial charge in [0.05, 0.1) is 16.8 Å². The van der Waals surface area contributed by atoms with Crippen LogP contribution >= 0.6 is 11.3 Å². The maximum Gasteiger partial charge on any atom is 0.257 e. The molecule has 0 saturated carbocycles. The monoisotopic (exact) mass is 342 g/mol. The Morgan fingerprint density at radius 1 is 1.21 bits per heavy atom. The summed E-state index contributed by atoms with van der Waals surface area (Å²) < 4.78 is 11.5. The van der Waals surface area contributed by atoms with Crippen molar-refractivity contribution in [2.45, 2.75) is 6.92 Å². The van der Waals surface area contributed by atoms with E-state index in [1.165, 1.54) is 16.9 Å². The first-order valence-corrected chi connectivity index (χ1v) is 8.38. The molecule has 0 aliphatic heterocycles. The van der Waals surface area contributed by atoms with Crippen molar-refractivity contribution in [2.75, 3.05) is 25.6 Å². The molecule has 0 spiro atoms. The van der Waals surface area contributed by atoms with E-state index in [4.69, 9.17) is 9.47 Å². The van der Waals surface area contributed by atoms with Gasteiger partial charge in [-0.3, -0.25) is 10.1 Å². The van der Waals surface area contributed by atoms with Crippen molar-refractivity contribution in [1.29, 1.82) is 0 Å². The second kappa shape index (κ2) is 7.42. The predicted molar refractivity (Wildman–Crippen MR) is 96.1 cm³/mol. The fourth-order valence-corrected chi connectivity index (χ4v) is 3.18. The number of ether oxygens (including phenoxy) is 2. The summed E-state index contributed by atoms with van der Waals surface area (Å²) in [5.41, 5.74) is 2.59. The van der Waals surface area contributed by atoms with Crippen LogP contribution in [0.4, 0.5) is 5.13 Å². The summed E-state index contributed by atoms with van der Waals surface area (Å²) in [5, 5.41) is 3.44. The normalized spacial score (nSPS) is 10.8. The van der Waals surface area contributed by atoms with Gasteiger partial charge in [-0.2, -0.15) is 0 Å². The summed E-state index contributed by atoms with van der Waals surface area (Å²) in [6.45, 7) is 2.98. The zero-order valence-electron chi connectivity index (χ0n) is 13.5. The molecule has 0 fully saturated rings. The summed E-state index contributed by atoms with van der Waals surface area (Å²) in [6, 6.07) is 13.1. The van der Waals surface area contributed by atoms with Crippen LogP contribution < -0.4 is 10.1 Å². The third-order valence-electron chi connectivity index (χ3n) is 3.42. The number of aromatic nitrogens is 1. The lowest BCUT2D eigenvalue weighted by atomic mass is 10.2. The highest BCUT2D eigenvalue weighted by atomic mass is 32.1. The van der Waals surface area contributed by atoms with Gasteiger partial charge in [-0.25, -0.2) is 4.98 Å². The molecule has 2 aromatic carbocycles. The molecule has 1 heterocycles. The molecule has 24 heavy (non-hydrogen) atoms. The highest BCUT2D eigenvalue weighted by Crippen LogP contribution is 2.27. The van der Waals surface area contributed by atoms with E-state index in [0.29, 0.717) is 29.7 Å². The Balaban J connectivity index is 1.72. The van der Waals surface area contributed by atoms with E-state index in [0.717, 1.165) is 10.2 Å². The summed E-state index contributed by atoms with van der Waals surface area (Å²) in [6.07, 6.45) is 0. The molecular weight excluding hydrogens is 324 g/mol. The Morgan fingerprint density at radius 3 is 2.92 bits per heavy atom. The third-order valence-corrected chi connectivity index (χ3v) is 4.35. The molecule has 1 aromatic heterocycles. The molecule has 0 atom stereocenters. The van der Waals surface area contributed by atoms with Gasteiger partial charge in [-0.15, -0.1) is 0 Å². The zero-order chi connectivity index (χ0) is 16.9. The van der Waals surface area contributed by atoms with Crippen LogP contribution in [0.5, 0.6) is 5.75 Å². The summed E-state index contributed by atoms with van der Waals surface area (Å²) in [5.74, 6) is 0.433. The van der Waals surface area contributed by atoms with Gasteiger partial charge in [0, 0.05) is 12.7 Å². The van der Waals surface area contributed by atoms with Crippen molar-refractivity contribution in [2.24, 2.45) is 0 Å². The molecule has 1 N–H and O–H groups in total. The van der Waals surface area contributed by atoms with Gasteiger partial charge < -0.3 is 9.47 Å². The molecule has 0 aliphatic carbocycles. The SMILES string of the molecule is COCCOc1cccc(C(=O)Nc2nc3ccc(C)cc3s2)c1. The van der Waals surface area contributed by atoms with Gasteiger partial charge in [0.1, 0.15) is 12.4 Å². The zero-order valence-corrected chi connectivity index (χ0v) is 14.4. The summed E-state index contributed by atoms with van der Waals surface area (Å²) in [7, 11) is 1.62. The minimum absolute atomic E-state index is 0.206. The minimum Gasteiger partial charge on any atom is -0.491 e. The quantitative estimate of drug-likeness (QED) is 0.691. The average molecular weight is 342 g/mol. The van der Waals surface area contributed by atoms with E-state index < -0.39 is 0 Å². The van der Waals surface area contributed by atoms with Gasteiger partial charge >= 0.3 is 0 Å². The van der Waals surface area contributed by atoms with Gasteiger partial charge in [0.15, 0.2) is 5.13 Å². The number of carbonyl (C=O) groups excluding carboxylic acids is 1. The van der Waals surface area contributed by atoms with Crippen molar-refractivity contribution in [3.63, 3.8) is 0 Å². The van der Waals surface area contributed by atoms with Gasteiger partial charge in [-0.05, 0) is 42.8 Å². The highest BCUT2D eigenvalue weighted by molar-refractivity contribution is 7.22. The Labute approximate surface area is 144 Å². The van der Waals surface area contributed by atoms with Crippen molar-refractivity contribution in [1.82, 2.24) is 4.98 Å². The summed E-state index contributed by atoms with van der Waals surface area (Å²) >= 11 is 1.46. The van der Waals surface area contributed by atoms with E-state index in [1.54, 1.807) is 25.3 Å². The lowest BCUT2D eigenvalue weighted by Gasteiger charge is -2.07. The number of anilines is 1. The number of rotatable bonds is 6. The van der Waals surface area contributed by atoms with Crippen LogP contribution in [0.3, 0.4) is 0 Å². The molecule has 0 bridgehead atoms. The number of hydrogen-bond donors (Lipinski definition) is 1. The van der Waals surface area contributed by atoms with E-state index in [9.17, 15) is 4.79 Å². The Kier molecular flexibility index (Phi) is 5.08. The number of methoxy groups -OCH3 is 1. The average Bonchev–Trinajstić information content (AvgIpc) is 2.96. The number of thiazole rings is 1. The first-order valence-electron chi connectivity index (χ1n) is 7.56. The molecule has 0 unspecified atom stereocenters. The second-order valence-corrected chi connectivity index (χ2v) is 6.34. The number of hydrogen-bond acceptors (Lipinski definition) is 5. The van der Waals surface area contributed by atoms with Gasteiger partial charge in [0.25, 0.3) is 5.91 Å². The van der Waals surface area contributed by atoms with Gasteiger partial charge in [0.2, 0.25) is 0 Å². The number of amides is 1. The molecule has 3 aromatic rings. The molecule has 3 rings (SSSR count). The number of carbonyl (C=O) groups is 1. The fraction of sp³-hybridized carbons (Fsp3) is 0.222. The molecule has 0 saturated heterocycles. The molecule has 0 aliphatic rings. The summed E-state index contributed by atoms with van der Waals surface area (Å²) in [4.78, 5) is 16.9. The van der Waals surface area contributed by atoms with Gasteiger partial charge in [-0.1, -0.05) is 23.5 Å². The Hall–Kier alpha value is -2.44. The van der Waals surface area contributed by atoms with E-state index in [-0.39, 0.29) is 5.91 Å². The van der Waals surface area contributed by atoms with Crippen molar-refractivity contribution in [3.05, 3.63) is 53.6 Å². The molecule has 5 nitrogen and oxygen atoms in total. The number of fused-ring (bicyclic) bond motifs is 1. The molecule has 124 valence electrons. The Morgan fingerprint density at radius 2 is 2.08 bits per heavy atom. The predicted octanol–water partition coefficient (Wildman–Crippen LogP) is 3.88. The molecular formula is C18H18N2O3S. The molecule has 1 amide bonds. The van der Waals surface area contributed by atoms with Crippen LogP contribution in [-0.2, 0) is 4.74 Å². The Bertz CT molecular complexity index is 860. The smallest absolute Gasteiger partial charge is 0.257 e. The lowest BCUT2D eigenvalue weighted by Crippen LogP contribution is -2.12. The topological polar surface area (TPSA) is 60.5 Å². The first-order chi connectivity index (χ1) is 11.7. The number of nitrogens with zero attached hydrogens (tertiary/aromatic N) is 1. The molecule has 0 radical (unpaired) electrons. The van der Waals surface area contributed by atoms with Crippen LogP contribution in [0.2, 0.25) is 0 Å². The van der Waals surface area contributed by atoms with Crippen molar-refractivity contribution in [3.8, 4) is 5.75 Å². The second-order valence-electron chi connectivity index (χ2n) is 5.31. The number of benzene rings is 2. The minimum atomic E-state index is -0.206. The van der Waals surface area contributed by atoms with E-state index in [1.807, 2.05) is 25.1 Å². The largest absolute Gasteiger partial charge is 0.491 e. The van der Waals surface area contributed by atoms with E-state index >= 15 is 0 Å².